The highest BCUT2D eigenvalue weighted by Crippen LogP contribution is 2.29. The van der Waals surface area contributed by atoms with Crippen LogP contribution >= 0.6 is 0 Å². The van der Waals surface area contributed by atoms with Crippen molar-refractivity contribution in [3.05, 3.63) is 48.6 Å². The Morgan fingerprint density at radius 3 is 2.10 bits per heavy atom. The van der Waals surface area contributed by atoms with Crippen molar-refractivity contribution in [2.45, 2.75) is 27.0 Å². The molecule has 1 unspecified atom stereocenters. The van der Waals surface area contributed by atoms with Gasteiger partial charge >= 0.3 is 5.97 Å². The summed E-state index contributed by atoms with van der Waals surface area (Å²) >= 11 is 0. The summed E-state index contributed by atoms with van der Waals surface area (Å²) in [5.74, 6) is -0.369. The largest absolute Gasteiger partial charge is 1.00 e. The minimum Gasteiger partial charge on any atom is -1.00 e. The van der Waals surface area contributed by atoms with Crippen molar-refractivity contribution < 1.29 is 26.4 Å². The number of ether oxygens (including phenoxy) is 1. The molecular formula is C16H24ClNO2. The van der Waals surface area contributed by atoms with E-state index in [2.05, 4.69) is 27.4 Å². The van der Waals surface area contributed by atoms with Gasteiger partial charge in [-0.3, -0.25) is 4.48 Å². The van der Waals surface area contributed by atoms with Gasteiger partial charge in [0.15, 0.2) is 0 Å². The van der Waals surface area contributed by atoms with Crippen LogP contribution in [0.4, 0.5) is 0 Å². The van der Waals surface area contributed by atoms with Crippen LogP contribution in [0.15, 0.2) is 43.0 Å². The molecule has 0 saturated carbocycles. The molecule has 0 bridgehead atoms. The second kappa shape index (κ2) is 8.77. The molecule has 112 valence electrons. The molecule has 0 aliphatic heterocycles. The van der Waals surface area contributed by atoms with E-state index in [1.807, 2.05) is 30.3 Å². The van der Waals surface area contributed by atoms with Gasteiger partial charge in [-0.25, -0.2) is 4.79 Å². The lowest BCUT2D eigenvalue weighted by molar-refractivity contribution is -0.971. The Labute approximate surface area is 128 Å². The van der Waals surface area contributed by atoms with Crippen molar-refractivity contribution >= 4 is 5.97 Å². The molecule has 0 aliphatic rings. The molecule has 3 nitrogen and oxygen atoms in total. The first-order valence-electron chi connectivity index (χ1n) is 6.87. The third kappa shape index (κ3) is 4.09. The van der Waals surface area contributed by atoms with Gasteiger partial charge in [0, 0.05) is 6.08 Å². The number of hydrogen-bond donors (Lipinski definition) is 0. The fraction of sp³-hybridized carbons (Fsp3) is 0.438. The van der Waals surface area contributed by atoms with Gasteiger partial charge in [-0.05, 0) is 32.9 Å². The fourth-order valence-electron chi connectivity index (χ4n) is 2.44. The fourth-order valence-corrected chi connectivity index (χ4v) is 2.44. The molecule has 1 atom stereocenters. The second-order valence-electron chi connectivity index (χ2n) is 4.57. The van der Waals surface area contributed by atoms with Gasteiger partial charge in [0.05, 0.1) is 25.2 Å². The molecule has 0 aromatic heterocycles. The average molecular weight is 298 g/mol. The number of benzene rings is 1. The van der Waals surface area contributed by atoms with E-state index >= 15 is 0 Å². The van der Waals surface area contributed by atoms with E-state index in [4.69, 9.17) is 4.74 Å². The summed E-state index contributed by atoms with van der Waals surface area (Å²) < 4.78 is 6.36. The number of carbonyl (C=O) groups is 1. The monoisotopic (exact) mass is 297 g/mol. The van der Waals surface area contributed by atoms with Crippen LogP contribution in [0, 0.1) is 0 Å². The van der Waals surface area contributed by atoms with E-state index in [0.29, 0.717) is 0 Å². The lowest BCUT2D eigenvalue weighted by Gasteiger charge is -2.41. The molecule has 0 radical (unpaired) electrons. The number of quaternary nitrogens is 1. The minimum atomic E-state index is -0.369. The van der Waals surface area contributed by atoms with Crippen LogP contribution in [-0.4, -0.2) is 30.1 Å². The molecule has 0 aliphatic carbocycles. The lowest BCUT2D eigenvalue weighted by atomic mass is 10.1. The molecule has 0 spiro atoms. The highest BCUT2D eigenvalue weighted by atomic mass is 35.5. The van der Waals surface area contributed by atoms with Crippen molar-refractivity contribution in [2.24, 2.45) is 0 Å². The summed E-state index contributed by atoms with van der Waals surface area (Å²) in [5, 5.41) is 0. The highest BCUT2D eigenvalue weighted by Gasteiger charge is 2.36. The Morgan fingerprint density at radius 1 is 1.20 bits per heavy atom. The second-order valence-corrected chi connectivity index (χ2v) is 4.57. The Hall–Kier alpha value is -1.32. The zero-order valence-corrected chi connectivity index (χ0v) is 13.3. The highest BCUT2D eigenvalue weighted by molar-refractivity contribution is 5.81. The third-order valence-corrected chi connectivity index (χ3v) is 3.87. The number of hydrogen-bond acceptors (Lipinski definition) is 2. The summed E-state index contributed by atoms with van der Waals surface area (Å²) in [6.45, 7) is 12.6. The van der Waals surface area contributed by atoms with Crippen LogP contribution in [0.2, 0.25) is 0 Å². The van der Waals surface area contributed by atoms with E-state index in [9.17, 15) is 4.79 Å². The van der Waals surface area contributed by atoms with E-state index < -0.39 is 0 Å². The molecule has 1 aromatic rings. The zero-order valence-electron chi connectivity index (χ0n) is 12.5. The van der Waals surface area contributed by atoms with E-state index in [-0.39, 0.29) is 24.6 Å². The standard InChI is InChI=1S/C16H24NO2.ClH/c1-5-15(18)19-16(14-12-10-9-11-13-14)17(6-2,7-3)8-4;/h5,9-13,16H,1,6-8H2,2-4H3;1H/q+1;/p-1. The number of halogens is 1. The van der Waals surface area contributed by atoms with Crippen LogP contribution in [-0.2, 0) is 9.53 Å². The molecule has 1 aromatic carbocycles. The zero-order chi connectivity index (χ0) is 14.3. The van der Waals surface area contributed by atoms with Crippen LogP contribution in [0.5, 0.6) is 0 Å². The first kappa shape index (κ1) is 18.7. The first-order chi connectivity index (χ1) is 9.13. The molecule has 20 heavy (non-hydrogen) atoms. The molecule has 0 heterocycles. The van der Waals surface area contributed by atoms with Gasteiger partial charge in [0.25, 0.3) is 6.23 Å². The van der Waals surface area contributed by atoms with Gasteiger partial charge in [0.1, 0.15) is 0 Å². The number of nitrogens with zero attached hydrogens (tertiary/aromatic N) is 1. The molecule has 0 N–H and O–H groups in total. The normalized spacial score (nSPS) is 12.2. The van der Waals surface area contributed by atoms with Gasteiger partial charge in [0.2, 0.25) is 0 Å². The molecule has 0 amide bonds. The van der Waals surface area contributed by atoms with Crippen molar-refractivity contribution in [1.29, 1.82) is 0 Å². The number of esters is 1. The van der Waals surface area contributed by atoms with Gasteiger partial charge in [-0.1, -0.05) is 24.8 Å². The van der Waals surface area contributed by atoms with E-state index in [1.54, 1.807) is 0 Å². The van der Waals surface area contributed by atoms with Crippen molar-refractivity contribution in [3.63, 3.8) is 0 Å². The molecule has 1 rings (SSSR count). The molecule has 0 fully saturated rings. The average Bonchev–Trinajstić information content (AvgIpc) is 2.49. The smallest absolute Gasteiger partial charge is 0.334 e. The maximum absolute atomic E-state index is 11.6. The summed E-state index contributed by atoms with van der Waals surface area (Å²) in [6, 6.07) is 9.93. The Kier molecular flexibility index (Phi) is 8.19. The Morgan fingerprint density at radius 2 is 1.70 bits per heavy atom. The minimum absolute atomic E-state index is 0. The third-order valence-electron chi connectivity index (χ3n) is 3.87. The summed E-state index contributed by atoms with van der Waals surface area (Å²) in [4.78, 5) is 11.6. The predicted octanol–water partition coefficient (Wildman–Crippen LogP) is 0.295. The SMILES string of the molecule is C=CC(=O)OC(c1ccccc1)[N+](CC)(CC)CC.[Cl-]. The van der Waals surface area contributed by atoms with Crippen molar-refractivity contribution in [1.82, 2.24) is 0 Å². The lowest BCUT2D eigenvalue weighted by Crippen LogP contribution is -3.00. The summed E-state index contributed by atoms with van der Waals surface area (Å²) in [7, 11) is 0. The van der Waals surface area contributed by atoms with Crippen LogP contribution in [0.25, 0.3) is 0 Å². The van der Waals surface area contributed by atoms with Gasteiger partial charge in [-0.2, -0.15) is 0 Å². The van der Waals surface area contributed by atoms with Crippen molar-refractivity contribution in [2.75, 3.05) is 19.6 Å². The van der Waals surface area contributed by atoms with Crippen LogP contribution in [0.3, 0.4) is 0 Å². The number of rotatable bonds is 7. The maximum Gasteiger partial charge on any atom is 0.334 e. The van der Waals surface area contributed by atoms with Gasteiger partial charge < -0.3 is 17.1 Å². The number of carbonyl (C=O) groups excluding carboxylic acids is 1. The topological polar surface area (TPSA) is 26.3 Å². The quantitative estimate of drug-likeness (QED) is 0.313. The Balaban J connectivity index is 0.00000361. The summed E-state index contributed by atoms with van der Waals surface area (Å²) in [6.07, 6.45) is 0.956. The van der Waals surface area contributed by atoms with Crippen LogP contribution < -0.4 is 12.4 Å². The maximum atomic E-state index is 11.6. The molecule has 4 heteroatoms. The van der Waals surface area contributed by atoms with E-state index in [1.165, 1.54) is 6.08 Å². The predicted molar refractivity (Wildman–Crippen MR) is 77.4 cm³/mol. The Bertz CT molecular complexity index is 407. The van der Waals surface area contributed by atoms with Crippen molar-refractivity contribution in [3.8, 4) is 0 Å². The molecule has 0 saturated heterocycles. The van der Waals surface area contributed by atoms with E-state index in [0.717, 1.165) is 29.7 Å². The first-order valence-corrected chi connectivity index (χ1v) is 6.87. The van der Waals surface area contributed by atoms with Gasteiger partial charge in [-0.15, -0.1) is 0 Å². The molecular weight excluding hydrogens is 274 g/mol. The van der Waals surface area contributed by atoms with Crippen LogP contribution in [0.1, 0.15) is 32.6 Å². The summed E-state index contributed by atoms with van der Waals surface area (Å²) in [5.41, 5.74) is 1.03.